The second kappa shape index (κ2) is 7.83. The number of anilines is 1. The molecule has 0 radical (unpaired) electrons. The molecule has 5 heteroatoms. The molecule has 3 rings (SSSR count). The number of nitrogens with one attached hydrogen (secondary N) is 1. The Morgan fingerprint density at radius 1 is 1.28 bits per heavy atom. The third-order valence-corrected chi connectivity index (χ3v) is 5.07. The summed E-state index contributed by atoms with van der Waals surface area (Å²) in [5.41, 5.74) is 3.78. The summed E-state index contributed by atoms with van der Waals surface area (Å²) < 4.78 is 5.15. The van der Waals surface area contributed by atoms with Gasteiger partial charge in [0.2, 0.25) is 5.91 Å². The van der Waals surface area contributed by atoms with Gasteiger partial charge < -0.3 is 15.0 Å². The van der Waals surface area contributed by atoms with Gasteiger partial charge in [0, 0.05) is 24.9 Å². The maximum Gasteiger partial charge on any atom is 0.250 e. The highest BCUT2D eigenvalue weighted by molar-refractivity contribution is 6.04. The molecule has 1 aliphatic heterocycles. The highest BCUT2D eigenvalue weighted by Crippen LogP contribution is 2.37. The first-order valence-corrected chi connectivity index (χ1v) is 8.98. The summed E-state index contributed by atoms with van der Waals surface area (Å²) in [6.07, 6.45) is 4.30. The number of ether oxygens (including phenoxy) is 1. The SMILES string of the molecule is COCCN1C(=O)C(CC(=O)Nc2ccc(C)cc2)=C2CCCCC21. The maximum atomic E-state index is 12.8. The summed E-state index contributed by atoms with van der Waals surface area (Å²) in [7, 11) is 1.64. The molecule has 1 aromatic rings. The largest absolute Gasteiger partial charge is 0.383 e. The number of benzene rings is 1. The molecule has 1 fully saturated rings. The minimum Gasteiger partial charge on any atom is -0.383 e. The number of carbonyl (C=O) groups is 2. The summed E-state index contributed by atoms with van der Waals surface area (Å²) in [4.78, 5) is 27.2. The lowest BCUT2D eigenvalue weighted by Crippen LogP contribution is -2.39. The van der Waals surface area contributed by atoms with Crippen LogP contribution in [0.1, 0.15) is 37.7 Å². The molecular weight excluding hydrogens is 316 g/mol. The molecule has 134 valence electrons. The Morgan fingerprint density at radius 3 is 2.76 bits per heavy atom. The Bertz CT molecular complexity index is 679. The Labute approximate surface area is 149 Å². The zero-order valence-electron chi connectivity index (χ0n) is 15.0. The van der Waals surface area contributed by atoms with E-state index in [4.69, 9.17) is 4.74 Å². The fraction of sp³-hybridized carbons (Fsp3) is 0.500. The molecule has 1 unspecified atom stereocenters. The quantitative estimate of drug-likeness (QED) is 0.864. The van der Waals surface area contributed by atoms with Gasteiger partial charge in [0.15, 0.2) is 0 Å². The van der Waals surface area contributed by atoms with Gasteiger partial charge in [0.25, 0.3) is 5.91 Å². The van der Waals surface area contributed by atoms with E-state index in [0.717, 1.165) is 36.9 Å². The molecule has 0 saturated heterocycles. The second-order valence-corrected chi connectivity index (χ2v) is 6.85. The van der Waals surface area contributed by atoms with Crippen molar-refractivity contribution in [2.24, 2.45) is 0 Å². The lowest BCUT2D eigenvalue weighted by atomic mass is 9.88. The first-order valence-electron chi connectivity index (χ1n) is 8.98. The minimum atomic E-state index is -0.127. The van der Waals surface area contributed by atoms with E-state index in [2.05, 4.69) is 5.32 Å². The van der Waals surface area contributed by atoms with Gasteiger partial charge in [0.05, 0.1) is 19.1 Å². The summed E-state index contributed by atoms with van der Waals surface area (Å²) >= 11 is 0. The predicted molar refractivity (Wildman–Crippen MR) is 97.3 cm³/mol. The monoisotopic (exact) mass is 342 g/mol. The molecular formula is C20H26N2O3. The van der Waals surface area contributed by atoms with Crippen LogP contribution in [0.2, 0.25) is 0 Å². The van der Waals surface area contributed by atoms with E-state index in [1.807, 2.05) is 36.1 Å². The number of rotatable bonds is 6. The molecule has 2 aliphatic rings. The van der Waals surface area contributed by atoms with Gasteiger partial charge in [-0.1, -0.05) is 24.1 Å². The Morgan fingerprint density at radius 2 is 2.04 bits per heavy atom. The van der Waals surface area contributed by atoms with Crippen LogP contribution in [0, 0.1) is 6.92 Å². The number of hydrogen-bond acceptors (Lipinski definition) is 3. The van der Waals surface area contributed by atoms with Gasteiger partial charge in [-0.05, 0) is 43.9 Å². The maximum absolute atomic E-state index is 12.8. The summed E-state index contributed by atoms with van der Waals surface area (Å²) in [6, 6.07) is 7.86. The molecule has 1 aromatic carbocycles. The zero-order chi connectivity index (χ0) is 17.8. The fourth-order valence-electron chi connectivity index (χ4n) is 3.78. The fourth-order valence-corrected chi connectivity index (χ4v) is 3.78. The number of fused-ring (bicyclic) bond motifs is 1. The first kappa shape index (κ1) is 17.7. The van der Waals surface area contributed by atoms with Gasteiger partial charge >= 0.3 is 0 Å². The second-order valence-electron chi connectivity index (χ2n) is 6.85. The lowest BCUT2D eigenvalue weighted by Gasteiger charge is -2.29. The van der Waals surface area contributed by atoms with E-state index in [0.29, 0.717) is 18.7 Å². The van der Waals surface area contributed by atoms with Crippen LogP contribution in [0.3, 0.4) is 0 Å². The number of nitrogens with zero attached hydrogens (tertiary/aromatic N) is 1. The van der Waals surface area contributed by atoms with Crippen LogP contribution in [0.4, 0.5) is 5.69 Å². The number of aryl methyl sites for hydroxylation is 1. The average molecular weight is 342 g/mol. The zero-order valence-corrected chi connectivity index (χ0v) is 15.0. The molecule has 0 spiro atoms. The van der Waals surface area contributed by atoms with Crippen molar-refractivity contribution >= 4 is 17.5 Å². The standard InChI is InChI=1S/C20H26N2O3/c1-14-7-9-15(10-8-14)21-19(23)13-17-16-5-3-4-6-18(16)22(20(17)24)11-12-25-2/h7-10,18H,3-6,11-13H2,1-2H3,(H,21,23). The van der Waals surface area contributed by atoms with Gasteiger partial charge in [0.1, 0.15) is 0 Å². The van der Waals surface area contributed by atoms with E-state index in [-0.39, 0.29) is 24.3 Å². The molecule has 5 nitrogen and oxygen atoms in total. The van der Waals surface area contributed by atoms with Gasteiger partial charge in [-0.2, -0.15) is 0 Å². The Balaban J connectivity index is 1.71. The number of methoxy groups -OCH3 is 1. The molecule has 1 saturated carbocycles. The van der Waals surface area contributed by atoms with E-state index in [9.17, 15) is 9.59 Å². The molecule has 25 heavy (non-hydrogen) atoms. The van der Waals surface area contributed by atoms with Gasteiger partial charge in [-0.15, -0.1) is 0 Å². The number of amides is 2. The lowest BCUT2D eigenvalue weighted by molar-refractivity contribution is -0.129. The van der Waals surface area contributed by atoms with Crippen LogP contribution >= 0.6 is 0 Å². The van der Waals surface area contributed by atoms with Crippen LogP contribution in [-0.2, 0) is 14.3 Å². The highest BCUT2D eigenvalue weighted by Gasteiger charge is 2.39. The van der Waals surface area contributed by atoms with Crippen molar-refractivity contribution in [2.45, 2.75) is 45.1 Å². The van der Waals surface area contributed by atoms with Crippen molar-refractivity contribution in [3.63, 3.8) is 0 Å². The number of hydrogen-bond donors (Lipinski definition) is 1. The molecule has 1 heterocycles. The molecule has 0 aromatic heterocycles. The van der Waals surface area contributed by atoms with E-state index in [1.54, 1.807) is 7.11 Å². The van der Waals surface area contributed by atoms with Crippen molar-refractivity contribution < 1.29 is 14.3 Å². The molecule has 1 atom stereocenters. The summed E-state index contributed by atoms with van der Waals surface area (Å²) in [5.74, 6) is -0.115. The van der Waals surface area contributed by atoms with Crippen molar-refractivity contribution in [1.82, 2.24) is 4.90 Å². The van der Waals surface area contributed by atoms with E-state index >= 15 is 0 Å². The predicted octanol–water partition coefficient (Wildman–Crippen LogP) is 3.05. The number of carbonyl (C=O) groups excluding carboxylic acids is 2. The van der Waals surface area contributed by atoms with Crippen LogP contribution in [0.25, 0.3) is 0 Å². The normalized spacial score (nSPS) is 20.0. The van der Waals surface area contributed by atoms with Crippen molar-refractivity contribution in [2.75, 3.05) is 25.6 Å². The molecule has 2 amide bonds. The third-order valence-electron chi connectivity index (χ3n) is 5.07. The van der Waals surface area contributed by atoms with E-state index < -0.39 is 0 Å². The van der Waals surface area contributed by atoms with E-state index in [1.165, 1.54) is 5.57 Å². The van der Waals surface area contributed by atoms with Crippen molar-refractivity contribution in [3.8, 4) is 0 Å². The topological polar surface area (TPSA) is 58.6 Å². The van der Waals surface area contributed by atoms with Crippen molar-refractivity contribution in [1.29, 1.82) is 0 Å². The molecule has 0 bridgehead atoms. The van der Waals surface area contributed by atoms with Crippen LogP contribution in [0.5, 0.6) is 0 Å². The Kier molecular flexibility index (Phi) is 5.53. The Hall–Kier alpha value is -2.14. The van der Waals surface area contributed by atoms with Gasteiger partial charge in [-0.3, -0.25) is 9.59 Å². The van der Waals surface area contributed by atoms with Crippen molar-refractivity contribution in [3.05, 3.63) is 41.0 Å². The first-order chi connectivity index (χ1) is 12.1. The summed E-state index contributed by atoms with van der Waals surface area (Å²) in [6.45, 7) is 3.12. The van der Waals surface area contributed by atoms with Crippen LogP contribution < -0.4 is 5.32 Å². The highest BCUT2D eigenvalue weighted by atomic mass is 16.5. The molecule has 1 N–H and O–H groups in total. The smallest absolute Gasteiger partial charge is 0.250 e. The summed E-state index contributed by atoms with van der Waals surface area (Å²) in [5, 5.41) is 2.90. The van der Waals surface area contributed by atoms with Crippen LogP contribution in [0.15, 0.2) is 35.4 Å². The third kappa shape index (κ3) is 3.93. The average Bonchev–Trinajstić information content (AvgIpc) is 2.87. The molecule has 1 aliphatic carbocycles. The van der Waals surface area contributed by atoms with Crippen LogP contribution in [-0.4, -0.2) is 43.0 Å². The minimum absolute atomic E-state index is 0.0120. The van der Waals surface area contributed by atoms with Gasteiger partial charge in [-0.25, -0.2) is 0 Å².